The van der Waals surface area contributed by atoms with E-state index in [-0.39, 0.29) is 11.7 Å². The highest BCUT2D eigenvalue weighted by Gasteiger charge is 2.25. The van der Waals surface area contributed by atoms with Gasteiger partial charge in [0.2, 0.25) is 5.88 Å². The molecule has 9 nitrogen and oxygen atoms in total. The third-order valence-electron chi connectivity index (χ3n) is 4.58. The smallest absolute Gasteiger partial charge is 0.320 e. The SMILES string of the molecule is CCn1nccc1Oc1cc(C(O)C2CCOCC2)cnc1NC(=O)NC. The second-order valence-corrected chi connectivity index (χ2v) is 6.30. The Labute approximate surface area is 157 Å². The molecule has 0 bridgehead atoms. The first-order chi connectivity index (χ1) is 13.1. The van der Waals surface area contributed by atoms with Gasteiger partial charge in [0.1, 0.15) is 0 Å². The fourth-order valence-electron chi connectivity index (χ4n) is 3.02. The second kappa shape index (κ2) is 8.83. The maximum Gasteiger partial charge on any atom is 0.320 e. The van der Waals surface area contributed by atoms with E-state index in [1.165, 1.54) is 7.05 Å². The number of ether oxygens (including phenoxy) is 2. The van der Waals surface area contributed by atoms with E-state index in [0.717, 1.165) is 12.8 Å². The summed E-state index contributed by atoms with van der Waals surface area (Å²) < 4.78 is 13.0. The predicted octanol–water partition coefficient (Wildman–Crippen LogP) is 2.30. The van der Waals surface area contributed by atoms with Crippen molar-refractivity contribution >= 4 is 11.8 Å². The highest BCUT2D eigenvalue weighted by atomic mass is 16.5. The molecule has 1 saturated heterocycles. The van der Waals surface area contributed by atoms with Crippen LogP contribution in [-0.4, -0.2) is 46.2 Å². The highest BCUT2D eigenvalue weighted by Crippen LogP contribution is 2.35. The molecule has 0 aliphatic carbocycles. The van der Waals surface area contributed by atoms with Crippen LogP contribution in [0.4, 0.5) is 10.6 Å². The number of carbonyl (C=O) groups excluding carboxylic acids is 1. The zero-order valence-corrected chi connectivity index (χ0v) is 15.5. The minimum absolute atomic E-state index is 0.104. The maximum atomic E-state index is 11.7. The number of hydrogen-bond donors (Lipinski definition) is 3. The molecule has 1 fully saturated rings. The molecule has 2 amide bonds. The molecule has 9 heteroatoms. The third-order valence-corrected chi connectivity index (χ3v) is 4.58. The first-order valence-electron chi connectivity index (χ1n) is 9.06. The van der Waals surface area contributed by atoms with Crippen molar-refractivity contribution in [1.29, 1.82) is 0 Å². The van der Waals surface area contributed by atoms with Gasteiger partial charge in [0.25, 0.3) is 0 Å². The van der Waals surface area contributed by atoms with E-state index in [4.69, 9.17) is 9.47 Å². The number of hydrogen-bond acceptors (Lipinski definition) is 6. The molecule has 2 aromatic heterocycles. The zero-order chi connectivity index (χ0) is 19.2. The third kappa shape index (κ3) is 4.55. The molecule has 3 rings (SSSR count). The first-order valence-corrected chi connectivity index (χ1v) is 9.06. The lowest BCUT2D eigenvalue weighted by atomic mass is 9.90. The number of amides is 2. The van der Waals surface area contributed by atoms with Crippen LogP contribution in [0.2, 0.25) is 0 Å². The van der Waals surface area contributed by atoms with Gasteiger partial charge in [-0.25, -0.2) is 14.5 Å². The monoisotopic (exact) mass is 375 g/mol. The van der Waals surface area contributed by atoms with Crippen molar-refractivity contribution in [2.75, 3.05) is 25.6 Å². The predicted molar refractivity (Wildman–Crippen MR) is 98.8 cm³/mol. The van der Waals surface area contributed by atoms with Crippen LogP contribution in [0.5, 0.6) is 11.6 Å². The Morgan fingerprint density at radius 2 is 2.26 bits per heavy atom. The standard InChI is InChI=1S/C18H25N5O4/c1-3-23-15(4-7-21-23)27-14-10-13(11-20-17(14)22-18(25)19-2)16(24)12-5-8-26-9-6-12/h4,7,10-12,16,24H,3,5-6,8-9H2,1-2H3,(H2,19,20,22,25). The fraction of sp³-hybridized carbons (Fsp3) is 0.500. The van der Waals surface area contributed by atoms with Gasteiger partial charge in [-0.15, -0.1) is 0 Å². The summed E-state index contributed by atoms with van der Waals surface area (Å²) in [6.07, 6.45) is 4.11. The number of aliphatic hydroxyl groups is 1. The van der Waals surface area contributed by atoms with E-state index >= 15 is 0 Å². The molecule has 0 spiro atoms. The summed E-state index contributed by atoms with van der Waals surface area (Å²) in [6, 6.07) is 3.04. The van der Waals surface area contributed by atoms with Crippen LogP contribution in [-0.2, 0) is 11.3 Å². The van der Waals surface area contributed by atoms with Crippen molar-refractivity contribution in [3.63, 3.8) is 0 Å². The van der Waals surface area contributed by atoms with Crippen molar-refractivity contribution in [2.24, 2.45) is 5.92 Å². The lowest BCUT2D eigenvalue weighted by molar-refractivity contribution is 0.00701. The number of nitrogens with zero attached hydrogens (tertiary/aromatic N) is 3. The van der Waals surface area contributed by atoms with Gasteiger partial charge >= 0.3 is 6.03 Å². The summed E-state index contributed by atoms with van der Waals surface area (Å²) >= 11 is 0. The molecule has 3 N–H and O–H groups in total. The molecule has 0 aromatic carbocycles. The molecule has 146 valence electrons. The van der Waals surface area contributed by atoms with E-state index in [2.05, 4.69) is 20.7 Å². The summed E-state index contributed by atoms with van der Waals surface area (Å²) in [7, 11) is 1.52. The molecule has 3 heterocycles. The van der Waals surface area contributed by atoms with Gasteiger partial charge < -0.3 is 19.9 Å². The lowest BCUT2D eigenvalue weighted by Gasteiger charge is -2.27. The van der Waals surface area contributed by atoms with Crippen molar-refractivity contribution < 1.29 is 19.4 Å². The molecular formula is C18H25N5O4. The van der Waals surface area contributed by atoms with Gasteiger partial charge in [-0.3, -0.25) is 5.32 Å². The molecule has 1 aliphatic heterocycles. The van der Waals surface area contributed by atoms with Gasteiger partial charge in [-0.05, 0) is 31.7 Å². The van der Waals surface area contributed by atoms with Crippen LogP contribution in [0.3, 0.4) is 0 Å². The zero-order valence-electron chi connectivity index (χ0n) is 15.5. The summed E-state index contributed by atoms with van der Waals surface area (Å²) in [6.45, 7) is 3.88. The van der Waals surface area contributed by atoms with E-state index in [1.54, 1.807) is 29.2 Å². The van der Waals surface area contributed by atoms with E-state index < -0.39 is 12.1 Å². The number of anilines is 1. The summed E-state index contributed by atoms with van der Waals surface area (Å²) in [5.74, 6) is 1.24. The molecule has 0 saturated carbocycles. The average molecular weight is 375 g/mol. The Morgan fingerprint density at radius 1 is 1.48 bits per heavy atom. The van der Waals surface area contributed by atoms with Crippen LogP contribution >= 0.6 is 0 Å². The average Bonchev–Trinajstić information content (AvgIpc) is 3.16. The number of aliphatic hydroxyl groups excluding tert-OH is 1. The van der Waals surface area contributed by atoms with Crippen LogP contribution in [0, 0.1) is 5.92 Å². The minimum Gasteiger partial charge on any atom is -0.435 e. The molecule has 1 unspecified atom stereocenters. The van der Waals surface area contributed by atoms with Crippen LogP contribution in [0.15, 0.2) is 24.5 Å². The second-order valence-electron chi connectivity index (χ2n) is 6.30. The van der Waals surface area contributed by atoms with Gasteiger partial charge in [0.05, 0.1) is 12.3 Å². The van der Waals surface area contributed by atoms with Crippen molar-refractivity contribution in [2.45, 2.75) is 32.4 Å². The van der Waals surface area contributed by atoms with Gasteiger partial charge in [-0.1, -0.05) is 0 Å². The van der Waals surface area contributed by atoms with E-state index in [9.17, 15) is 9.90 Å². The minimum atomic E-state index is -0.672. The normalized spacial score (nSPS) is 16.0. The Balaban J connectivity index is 1.89. The van der Waals surface area contributed by atoms with Crippen molar-refractivity contribution in [3.05, 3.63) is 30.1 Å². The highest BCUT2D eigenvalue weighted by molar-refractivity contribution is 5.89. The molecule has 27 heavy (non-hydrogen) atoms. The Kier molecular flexibility index (Phi) is 6.25. The Hall–Kier alpha value is -2.65. The van der Waals surface area contributed by atoms with E-state index in [0.29, 0.717) is 37.0 Å². The summed E-state index contributed by atoms with van der Waals surface area (Å²) in [5.41, 5.74) is 0.641. The van der Waals surface area contributed by atoms with Crippen molar-refractivity contribution in [1.82, 2.24) is 20.1 Å². The molecular weight excluding hydrogens is 350 g/mol. The largest absolute Gasteiger partial charge is 0.435 e. The number of aromatic nitrogens is 3. The van der Waals surface area contributed by atoms with Crippen molar-refractivity contribution in [3.8, 4) is 11.6 Å². The number of pyridine rings is 1. The van der Waals surface area contributed by atoms with Gasteiger partial charge in [0, 0.05) is 44.6 Å². The quantitative estimate of drug-likeness (QED) is 0.714. The number of rotatable bonds is 6. The number of carbonyl (C=O) groups is 1. The number of nitrogens with one attached hydrogen (secondary N) is 2. The van der Waals surface area contributed by atoms with Crippen LogP contribution in [0.1, 0.15) is 31.4 Å². The Morgan fingerprint density at radius 3 is 2.96 bits per heavy atom. The van der Waals surface area contributed by atoms with Gasteiger partial charge in [-0.2, -0.15) is 5.10 Å². The molecule has 1 atom stereocenters. The van der Waals surface area contributed by atoms with Crippen LogP contribution < -0.4 is 15.4 Å². The maximum absolute atomic E-state index is 11.7. The first kappa shape index (κ1) is 19.1. The molecule has 1 aliphatic rings. The van der Waals surface area contributed by atoms with Gasteiger partial charge in [0.15, 0.2) is 11.6 Å². The summed E-state index contributed by atoms with van der Waals surface area (Å²) in [5, 5.41) is 20.0. The van der Waals surface area contributed by atoms with E-state index in [1.807, 2.05) is 6.92 Å². The molecule has 2 aromatic rings. The van der Waals surface area contributed by atoms with Crippen LogP contribution in [0.25, 0.3) is 0 Å². The number of urea groups is 1. The lowest BCUT2D eigenvalue weighted by Crippen LogP contribution is -2.25. The fourth-order valence-corrected chi connectivity index (χ4v) is 3.02. The summed E-state index contributed by atoms with van der Waals surface area (Å²) in [4.78, 5) is 16.0. The Bertz CT molecular complexity index is 773. The number of aryl methyl sites for hydroxylation is 1. The molecule has 0 radical (unpaired) electrons. The topological polar surface area (TPSA) is 111 Å².